The van der Waals surface area contributed by atoms with Crippen LogP contribution in [0, 0.1) is 10.8 Å². The number of carbonyl (C=O) groups excluding carboxylic acids is 1. The Morgan fingerprint density at radius 1 is 1.18 bits per heavy atom. The zero-order chi connectivity index (χ0) is 12.0. The van der Waals surface area contributed by atoms with Gasteiger partial charge in [-0.25, -0.2) is 0 Å². The molecule has 1 amide bonds. The van der Waals surface area contributed by atoms with E-state index in [1.165, 1.54) is 12.8 Å². The fourth-order valence-electron chi connectivity index (χ4n) is 2.88. The monoisotopic (exact) mass is 260 g/mol. The van der Waals surface area contributed by atoms with Crippen molar-refractivity contribution >= 4 is 18.3 Å². The molecule has 1 aliphatic heterocycles. The summed E-state index contributed by atoms with van der Waals surface area (Å²) in [5.74, 6) is 0.198. The lowest BCUT2D eigenvalue weighted by Gasteiger charge is -2.23. The minimum atomic E-state index is 0. The lowest BCUT2D eigenvalue weighted by Crippen LogP contribution is -2.48. The second-order valence-electron chi connectivity index (χ2n) is 6.39. The van der Waals surface area contributed by atoms with E-state index in [0.717, 1.165) is 13.0 Å². The molecule has 17 heavy (non-hydrogen) atoms. The number of hydrogen-bond acceptors (Lipinski definition) is 2. The van der Waals surface area contributed by atoms with E-state index in [0.29, 0.717) is 6.04 Å². The van der Waals surface area contributed by atoms with Gasteiger partial charge in [0.05, 0.1) is 6.04 Å². The highest BCUT2D eigenvalue weighted by Gasteiger charge is 2.65. The van der Waals surface area contributed by atoms with Crippen molar-refractivity contribution in [2.75, 3.05) is 6.54 Å². The highest BCUT2D eigenvalue weighted by molar-refractivity contribution is 5.85. The molecule has 0 aromatic carbocycles. The number of amides is 1. The van der Waals surface area contributed by atoms with Gasteiger partial charge in [-0.15, -0.1) is 12.4 Å². The third-order valence-electron chi connectivity index (χ3n) is 4.93. The standard InChI is InChI=1S/C13H24N2O.ClH/c1-12(2)11(13(12,3)4)15-10(16)9-7-5-6-8-14-9;/h9,11,14H,5-8H2,1-4H3,(H,15,16);1H. The zero-order valence-corrected chi connectivity index (χ0v) is 12.1. The van der Waals surface area contributed by atoms with Gasteiger partial charge in [-0.05, 0) is 30.2 Å². The van der Waals surface area contributed by atoms with Crippen LogP contribution in [0.2, 0.25) is 0 Å². The second kappa shape index (κ2) is 4.77. The molecule has 0 radical (unpaired) electrons. The van der Waals surface area contributed by atoms with Gasteiger partial charge in [0.25, 0.3) is 0 Å². The molecular weight excluding hydrogens is 236 g/mol. The summed E-state index contributed by atoms with van der Waals surface area (Å²) in [6.07, 6.45) is 3.35. The van der Waals surface area contributed by atoms with Gasteiger partial charge in [-0.2, -0.15) is 0 Å². The molecule has 4 heteroatoms. The predicted octanol–water partition coefficient (Wildman–Crippen LogP) is 2.10. The molecule has 3 nitrogen and oxygen atoms in total. The number of rotatable bonds is 2. The van der Waals surface area contributed by atoms with Crippen LogP contribution < -0.4 is 10.6 Å². The van der Waals surface area contributed by atoms with Crippen molar-refractivity contribution in [2.45, 2.75) is 59.0 Å². The van der Waals surface area contributed by atoms with Gasteiger partial charge in [0.15, 0.2) is 0 Å². The van der Waals surface area contributed by atoms with E-state index < -0.39 is 0 Å². The third-order valence-corrected chi connectivity index (χ3v) is 4.93. The number of nitrogens with one attached hydrogen (secondary N) is 2. The summed E-state index contributed by atoms with van der Waals surface area (Å²) in [4.78, 5) is 12.1. The molecule has 2 rings (SSSR count). The van der Waals surface area contributed by atoms with E-state index >= 15 is 0 Å². The van der Waals surface area contributed by atoms with E-state index in [1.54, 1.807) is 0 Å². The Morgan fingerprint density at radius 3 is 2.18 bits per heavy atom. The molecule has 1 aliphatic carbocycles. The Bertz CT molecular complexity index is 282. The summed E-state index contributed by atoms with van der Waals surface area (Å²) in [5, 5.41) is 6.50. The maximum Gasteiger partial charge on any atom is 0.237 e. The molecule has 1 unspecified atom stereocenters. The van der Waals surface area contributed by atoms with E-state index in [1.807, 2.05) is 0 Å². The molecule has 0 bridgehead atoms. The molecule has 0 spiro atoms. The van der Waals surface area contributed by atoms with Crippen LogP contribution in [-0.4, -0.2) is 24.5 Å². The van der Waals surface area contributed by atoms with Crippen molar-refractivity contribution in [3.05, 3.63) is 0 Å². The van der Waals surface area contributed by atoms with Crippen molar-refractivity contribution in [1.82, 2.24) is 10.6 Å². The summed E-state index contributed by atoms with van der Waals surface area (Å²) in [5.41, 5.74) is 0.467. The molecule has 0 aromatic rings. The van der Waals surface area contributed by atoms with E-state index in [-0.39, 0.29) is 35.2 Å². The fourth-order valence-corrected chi connectivity index (χ4v) is 2.88. The largest absolute Gasteiger partial charge is 0.351 e. The maximum atomic E-state index is 12.1. The summed E-state index contributed by atoms with van der Waals surface area (Å²) in [7, 11) is 0. The molecule has 1 saturated carbocycles. The first-order valence-electron chi connectivity index (χ1n) is 6.41. The topological polar surface area (TPSA) is 41.1 Å². The Hall–Kier alpha value is -0.280. The molecule has 100 valence electrons. The van der Waals surface area contributed by atoms with Gasteiger partial charge >= 0.3 is 0 Å². The number of piperidine rings is 1. The zero-order valence-electron chi connectivity index (χ0n) is 11.3. The minimum Gasteiger partial charge on any atom is -0.351 e. The van der Waals surface area contributed by atoms with E-state index in [2.05, 4.69) is 38.3 Å². The van der Waals surface area contributed by atoms with E-state index in [4.69, 9.17) is 0 Å². The van der Waals surface area contributed by atoms with Gasteiger partial charge in [-0.3, -0.25) is 4.79 Å². The van der Waals surface area contributed by atoms with Crippen LogP contribution in [0.15, 0.2) is 0 Å². The number of carbonyl (C=O) groups is 1. The summed E-state index contributed by atoms with van der Waals surface area (Å²) >= 11 is 0. The normalized spacial score (nSPS) is 30.2. The van der Waals surface area contributed by atoms with Crippen LogP contribution >= 0.6 is 12.4 Å². The van der Waals surface area contributed by atoms with Crippen LogP contribution in [0.5, 0.6) is 0 Å². The molecule has 1 saturated heterocycles. The van der Waals surface area contributed by atoms with E-state index in [9.17, 15) is 4.79 Å². The van der Waals surface area contributed by atoms with Gasteiger partial charge in [0, 0.05) is 6.04 Å². The first-order valence-corrected chi connectivity index (χ1v) is 6.41. The molecule has 2 N–H and O–H groups in total. The van der Waals surface area contributed by atoms with Crippen LogP contribution in [0.25, 0.3) is 0 Å². The van der Waals surface area contributed by atoms with Crippen LogP contribution in [0.3, 0.4) is 0 Å². The first kappa shape index (κ1) is 14.8. The van der Waals surface area contributed by atoms with Gasteiger partial charge in [-0.1, -0.05) is 34.1 Å². The third kappa shape index (κ3) is 2.45. The lowest BCUT2D eigenvalue weighted by atomic mass is 10.0. The van der Waals surface area contributed by atoms with Gasteiger partial charge < -0.3 is 10.6 Å². The molecule has 0 aromatic heterocycles. The highest BCUT2D eigenvalue weighted by Crippen LogP contribution is 2.62. The molecule has 2 aliphatic rings. The summed E-state index contributed by atoms with van der Waals surface area (Å²) in [6, 6.07) is 0.372. The maximum absolute atomic E-state index is 12.1. The first-order chi connectivity index (χ1) is 7.37. The molecule has 2 fully saturated rings. The summed E-state index contributed by atoms with van der Waals surface area (Å²) < 4.78 is 0. The van der Waals surface area contributed by atoms with Crippen molar-refractivity contribution in [3.63, 3.8) is 0 Å². The van der Waals surface area contributed by atoms with Crippen molar-refractivity contribution in [3.8, 4) is 0 Å². The molecular formula is C13H25ClN2O. The van der Waals surface area contributed by atoms with Crippen LogP contribution in [-0.2, 0) is 4.79 Å². The van der Waals surface area contributed by atoms with Crippen LogP contribution in [0.1, 0.15) is 47.0 Å². The van der Waals surface area contributed by atoms with Gasteiger partial charge in [0.1, 0.15) is 0 Å². The smallest absolute Gasteiger partial charge is 0.237 e. The highest BCUT2D eigenvalue weighted by atomic mass is 35.5. The quantitative estimate of drug-likeness (QED) is 0.799. The van der Waals surface area contributed by atoms with Crippen molar-refractivity contribution in [1.29, 1.82) is 0 Å². The average Bonchev–Trinajstić information content (AvgIpc) is 2.62. The Morgan fingerprint density at radius 2 is 1.76 bits per heavy atom. The molecule has 1 heterocycles. The minimum absolute atomic E-state index is 0. The van der Waals surface area contributed by atoms with Crippen molar-refractivity contribution in [2.24, 2.45) is 10.8 Å². The number of halogens is 1. The van der Waals surface area contributed by atoms with Crippen molar-refractivity contribution < 1.29 is 4.79 Å². The lowest BCUT2D eigenvalue weighted by molar-refractivity contribution is -0.124. The predicted molar refractivity (Wildman–Crippen MR) is 72.4 cm³/mol. The Labute approximate surface area is 111 Å². The Kier molecular flexibility index (Phi) is 4.15. The Balaban J connectivity index is 0.00000144. The summed E-state index contributed by atoms with van der Waals surface area (Å²) in [6.45, 7) is 9.90. The average molecular weight is 261 g/mol. The van der Waals surface area contributed by atoms with Gasteiger partial charge in [0.2, 0.25) is 5.91 Å². The fraction of sp³-hybridized carbons (Fsp3) is 0.923. The van der Waals surface area contributed by atoms with Crippen LogP contribution in [0.4, 0.5) is 0 Å². The number of hydrogen-bond donors (Lipinski definition) is 2. The molecule has 1 atom stereocenters. The SMILES string of the molecule is CC1(C)C(NC(=O)C2CCCCN2)C1(C)C.Cl. The second-order valence-corrected chi connectivity index (χ2v) is 6.39.